The van der Waals surface area contributed by atoms with Crippen LogP contribution in [-0.4, -0.2) is 48.7 Å². The van der Waals surface area contributed by atoms with Crippen LogP contribution in [0.4, 0.5) is 0 Å². The topological polar surface area (TPSA) is 38.5 Å². The fourth-order valence-electron chi connectivity index (χ4n) is 1.54. The first-order valence-corrected chi connectivity index (χ1v) is 5.52. The van der Waals surface area contributed by atoms with E-state index in [-0.39, 0.29) is 29.6 Å². The summed E-state index contributed by atoms with van der Waals surface area (Å²) < 4.78 is 5.07. The number of fused-ring (bicyclic) bond motifs is 1. The third kappa shape index (κ3) is 2.04. The largest absolute Gasteiger partial charge is 0.338 e. The Hall–Kier alpha value is -0.0100. The number of aromatic nitrogens is 4. The van der Waals surface area contributed by atoms with E-state index in [0.29, 0.717) is 9.41 Å². The van der Waals surface area contributed by atoms with Crippen molar-refractivity contribution in [1.29, 1.82) is 0 Å². The van der Waals surface area contributed by atoms with Gasteiger partial charge in [0, 0.05) is 50.1 Å². The zero-order valence-corrected chi connectivity index (χ0v) is 13.5. The van der Waals surface area contributed by atoms with E-state index in [2.05, 4.69) is 16.9 Å². The predicted molar refractivity (Wildman–Crippen MR) is 70.8 cm³/mol. The molecule has 0 spiro atoms. The van der Waals surface area contributed by atoms with Gasteiger partial charge < -0.3 is 14.1 Å². The first kappa shape index (κ1) is 14.1. The Balaban J connectivity index is 0.00000128. The van der Waals surface area contributed by atoms with Gasteiger partial charge >= 0.3 is 0 Å². The zero-order chi connectivity index (χ0) is 11.2. The first-order chi connectivity index (χ1) is 7.06. The second kappa shape index (κ2) is 5.10. The van der Waals surface area contributed by atoms with Crippen LogP contribution in [0.25, 0.3) is 11.2 Å². The molecule has 2 aromatic rings. The summed E-state index contributed by atoms with van der Waals surface area (Å²) in [7, 11) is 3.77. The van der Waals surface area contributed by atoms with E-state index in [9.17, 15) is 0 Å². The quantitative estimate of drug-likeness (QED) is 0.630. The first-order valence-electron chi connectivity index (χ1n) is 4.70. The molecule has 2 heterocycles. The molecule has 2 rings (SSSR count). The van der Waals surface area contributed by atoms with Crippen LogP contribution < -0.4 is 0 Å². The standard InChI is InChI=1S/C9H12N4S2.Na/c1-4-5-10-6-7(11-5)12(2)9(15)13(3)8(6)14;/h4H2,1-3H3,(H,10,11);. The molecule has 0 fully saturated rings. The van der Waals surface area contributed by atoms with Crippen molar-refractivity contribution in [2.24, 2.45) is 14.1 Å². The summed E-state index contributed by atoms with van der Waals surface area (Å²) in [5.74, 6) is 0.937. The Morgan fingerprint density at radius 2 is 1.88 bits per heavy atom. The molecule has 81 valence electrons. The number of nitrogens with one attached hydrogen (secondary N) is 1. The number of nitrogens with zero attached hydrogens (tertiary/aromatic N) is 3. The Morgan fingerprint density at radius 3 is 2.44 bits per heavy atom. The molecular weight excluding hydrogens is 251 g/mol. The number of aromatic amines is 1. The van der Waals surface area contributed by atoms with Crippen LogP contribution in [0.3, 0.4) is 0 Å². The van der Waals surface area contributed by atoms with E-state index in [1.165, 1.54) is 0 Å². The smallest absolute Gasteiger partial charge is 0.182 e. The number of aryl methyl sites for hydroxylation is 2. The van der Waals surface area contributed by atoms with Crippen molar-refractivity contribution in [3.8, 4) is 0 Å². The summed E-state index contributed by atoms with van der Waals surface area (Å²) in [5.41, 5.74) is 1.72. The van der Waals surface area contributed by atoms with Crippen LogP contribution in [0.1, 0.15) is 12.7 Å². The summed E-state index contributed by atoms with van der Waals surface area (Å²) in [5, 5.41) is 0. The minimum atomic E-state index is 0. The third-order valence-electron chi connectivity index (χ3n) is 2.48. The Morgan fingerprint density at radius 1 is 1.25 bits per heavy atom. The molecule has 1 radical (unpaired) electrons. The summed E-state index contributed by atoms with van der Waals surface area (Å²) in [6, 6.07) is 0. The molecule has 0 saturated carbocycles. The molecule has 0 bridgehead atoms. The molecule has 0 aliphatic heterocycles. The van der Waals surface area contributed by atoms with Crippen LogP contribution in [0.2, 0.25) is 0 Å². The average Bonchev–Trinajstić information content (AvgIpc) is 2.67. The molecule has 0 amide bonds. The minimum Gasteiger partial charge on any atom is -0.338 e. The molecule has 0 unspecified atom stereocenters. The van der Waals surface area contributed by atoms with E-state index >= 15 is 0 Å². The van der Waals surface area contributed by atoms with E-state index in [1.807, 2.05) is 23.2 Å². The van der Waals surface area contributed by atoms with Crippen molar-refractivity contribution in [2.75, 3.05) is 0 Å². The van der Waals surface area contributed by atoms with Gasteiger partial charge in [-0.25, -0.2) is 4.98 Å². The van der Waals surface area contributed by atoms with E-state index < -0.39 is 0 Å². The molecule has 2 aromatic heterocycles. The summed E-state index contributed by atoms with van der Waals surface area (Å²) in [6.07, 6.45) is 0.861. The Labute approximate surface area is 126 Å². The van der Waals surface area contributed by atoms with E-state index in [1.54, 1.807) is 0 Å². The number of imidazole rings is 1. The number of rotatable bonds is 1. The van der Waals surface area contributed by atoms with Crippen LogP contribution in [0, 0.1) is 9.41 Å². The van der Waals surface area contributed by atoms with E-state index in [4.69, 9.17) is 24.4 Å². The van der Waals surface area contributed by atoms with Crippen molar-refractivity contribution in [2.45, 2.75) is 13.3 Å². The van der Waals surface area contributed by atoms with Crippen molar-refractivity contribution in [3.05, 3.63) is 15.2 Å². The molecule has 4 nitrogen and oxygen atoms in total. The van der Waals surface area contributed by atoms with Crippen molar-refractivity contribution in [1.82, 2.24) is 19.1 Å². The van der Waals surface area contributed by atoms with Crippen LogP contribution in [0.5, 0.6) is 0 Å². The van der Waals surface area contributed by atoms with Gasteiger partial charge in [0.25, 0.3) is 0 Å². The summed E-state index contributed by atoms with van der Waals surface area (Å²) in [4.78, 5) is 7.67. The van der Waals surface area contributed by atoms with Gasteiger partial charge in [-0.1, -0.05) is 19.1 Å². The van der Waals surface area contributed by atoms with Gasteiger partial charge in [-0.15, -0.1) is 0 Å². The molecule has 0 aliphatic carbocycles. The van der Waals surface area contributed by atoms with Gasteiger partial charge in [-0.3, -0.25) is 0 Å². The molecule has 7 heteroatoms. The fourth-order valence-corrected chi connectivity index (χ4v) is 2.01. The average molecular weight is 263 g/mol. The third-order valence-corrected chi connectivity index (χ3v) is 3.50. The number of hydrogen-bond acceptors (Lipinski definition) is 3. The van der Waals surface area contributed by atoms with Crippen LogP contribution in [0.15, 0.2) is 0 Å². The number of H-pyrrole nitrogens is 1. The SMILES string of the molecule is CCc1nc2c([nH]1)c(=S)n(C)c(=S)n2C.[Na]. The number of hydrogen-bond donors (Lipinski definition) is 1. The van der Waals surface area contributed by atoms with Crippen LogP contribution >= 0.6 is 24.4 Å². The van der Waals surface area contributed by atoms with Crippen molar-refractivity contribution in [3.63, 3.8) is 0 Å². The van der Waals surface area contributed by atoms with Gasteiger partial charge in [0.2, 0.25) is 0 Å². The molecule has 0 atom stereocenters. The van der Waals surface area contributed by atoms with E-state index in [0.717, 1.165) is 23.4 Å². The fraction of sp³-hybridized carbons (Fsp3) is 0.444. The van der Waals surface area contributed by atoms with Crippen molar-refractivity contribution < 1.29 is 0 Å². The molecule has 0 saturated heterocycles. The maximum absolute atomic E-state index is 5.31. The molecular formula is C9H12N4NaS2. The second-order valence-electron chi connectivity index (χ2n) is 3.44. The van der Waals surface area contributed by atoms with Crippen molar-refractivity contribution >= 4 is 65.2 Å². The second-order valence-corrected chi connectivity index (χ2v) is 4.19. The molecule has 16 heavy (non-hydrogen) atoms. The summed E-state index contributed by atoms with van der Waals surface area (Å²) >= 11 is 10.6. The van der Waals surface area contributed by atoms with Gasteiger partial charge in [0.05, 0.1) is 0 Å². The normalized spacial score (nSPS) is 10.4. The molecule has 0 aliphatic rings. The van der Waals surface area contributed by atoms with Crippen LogP contribution in [-0.2, 0) is 20.5 Å². The Kier molecular flexibility index (Phi) is 4.48. The Bertz CT molecular complexity index is 637. The summed E-state index contributed by atoms with van der Waals surface area (Å²) in [6.45, 7) is 2.05. The zero-order valence-electron chi connectivity index (χ0n) is 9.87. The maximum Gasteiger partial charge on any atom is 0.182 e. The predicted octanol–water partition coefficient (Wildman–Crippen LogP) is 1.88. The molecule has 0 aromatic carbocycles. The minimum absolute atomic E-state index is 0. The van der Waals surface area contributed by atoms with Gasteiger partial charge in [-0.2, -0.15) is 0 Å². The maximum atomic E-state index is 5.31. The van der Waals surface area contributed by atoms with Gasteiger partial charge in [-0.05, 0) is 12.2 Å². The molecule has 1 N–H and O–H groups in total. The van der Waals surface area contributed by atoms with Gasteiger partial charge in [0.1, 0.15) is 16.0 Å². The van der Waals surface area contributed by atoms with Gasteiger partial charge in [0.15, 0.2) is 10.4 Å². The monoisotopic (exact) mass is 263 g/mol.